The third-order valence-corrected chi connectivity index (χ3v) is 4.73. The molecule has 1 aromatic carbocycles. The maximum Gasteiger partial charge on any atom is 0.290 e. The Bertz CT molecular complexity index is 1250. The fourth-order valence-electron chi connectivity index (χ4n) is 2.73. The van der Waals surface area contributed by atoms with Crippen molar-refractivity contribution in [3.8, 4) is 0 Å². The Morgan fingerprint density at radius 2 is 1.72 bits per heavy atom. The van der Waals surface area contributed by atoms with Gasteiger partial charge in [0.25, 0.3) is 17.4 Å². The van der Waals surface area contributed by atoms with E-state index in [4.69, 9.17) is 11.6 Å². The highest BCUT2D eigenvalue weighted by molar-refractivity contribution is 6.31. The number of hydrogen-bond acceptors (Lipinski definition) is 5. The van der Waals surface area contributed by atoms with Crippen LogP contribution in [0.1, 0.15) is 46.4 Å². The number of nitrogens with one attached hydrogen (secondary N) is 3. The first kappa shape index (κ1) is 20.3. The number of aromatic amines is 1. The van der Waals surface area contributed by atoms with Gasteiger partial charge in [0.1, 0.15) is 10.6 Å². The van der Waals surface area contributed by atoms with Crippen molar-refractivity contribution in [1.29, 1.82) is 0 Å². The van der Waals surface area contributed by atoms with E-state index in [1.165, 1.54) is 10.9 Å². The number of hydrazine groups is 1. The van der Waals surface area contributed by atoms with E-state index in [9.17, 15) is 19.2 Å². The van der Waals surface area contributed by atoms with Crippen LogP contribution in [0.3, 0.4) is 0 Å². The fourth-order valence-corrected chi connectivity index (χ4v) is 2.89. The second-order valence-corrected chi connectivity index (χ2v) is 6.99. The summed E-state index contributed by atoms with van der Waals surface area (Å²) in [6.07, 6.45) is 1.21. The lowest BCUT2D eigenvalue weighted by atomic mass is 10.1. The molecule has 10 heteroatoms. The summed E-state index contributed by atoms with van der Waals surface area (Å²) in [5.74, 6) is -1.58. The van der Waals surface area contributed by atoms with E-state index in [2.05, 4.69) is 20.9 Å². The second kappa shape index (κ2) is 7.88. The minimum absolute atomic E-state index is 0.0370. The number of hydrogen-bond donors (Lipinski definition) is 3. The first-order valence-electron chi connectivity index (χ1n) is 8.72. The Hall–Kier alpha value is -3.46. The monoisotopic (exact) mass is 415 g/mol. The Morgan fingerprint density at radius 1 is 1.10 bits per heavy atom. The molecule has 0 saturated carbocycles. The maximum atomic E-state index is 12.7. The molecule has 0 aliphatic carbocycles. The summed E-state index contributed by atoms with van der Waals surface area (Å²) in [5, 5.41) is 4.71. The van der Waals surface area contributed by atoms with Crippen molar-refractivity contribution < 1.29 is 9.59 Å². The standard InChI is InChI=1S/C19H18ClN5O4/c1-9(2)25-19(29)12-7-5-4-6-11(12)15(24-25)18(28)23-22-17(27)13-8-21-10(3)14(20)16(13)26/h4-9H,1-3H3,(H,21,26)(H,22,27)(H,23,28). The zero-order valence-electron chi connectivity index (χ0n) is 15.9. The predicted octanol–water partition coefficient (Wildman–Crippen LogP) is 1.70. The van der Waals surface area contributed by atoms with Gasteiger partial charge in [-0.3, -0.25) is 30.0 Å². The van der Waals surface area contributed by atoms with Crippen LogP contribution in [-0.2, 0) is 0 Å². The zero-order chi connectivity index (χ0) is 21.3. The van der Waals surface area contributed by atoms with Crippen molar-refractivity contribution in [2.24, 2.45) is 0 Å². The molecule has 0 aliphatic heterocycles. The van der Waals surface area contributed by atoms with E-state index >= 15 is 0 Å². The molecule has 150 valence electrons. The molecule has 0 bridgehead atoms. The molecule has 0 aliphatic rings. The molecular weight excluding hydrogens is 398 g/mol. The number of carbonyl (C=O) groups excluding carboxylic acids is 2. The summed E-state index contributed by atoms with van der Waals surface area (Å²) in [4.78, 5) is 52.3. The summed E-state index contributed by atoms with van der Waals surface area (Å²) in [6.45, 7) is 5.12. The van der Waals surface area contributed by atoms with Crippen LogP contribution in [0, 0.1) is 6.92 Å². The number of fused-ring (bicyclic) bond motifs is 1. The molecule has 0 fully saturated rings. The number of carbonyl (C=O) groups is 2. The fraction of sp³-hybridized carbons (Fsp3) is 0.211. The van der Waals surface area contributed by atoms with Crippen LogP contribution in [0.15, 0.2) is 40.1 Å². The van der Waals surface area contributed by atoms with Gasteiger partial charge < -0.3 is 4.98 Å². The van der Waals surface area contributed by atoms with Gasteiger partial charge >= 0.3 is 0 Å². The van der Waals surface area contributed by atoms with Crippen LogP contribution >= 0.6 is 11.6 Å². The molecule has 0 atom stereocenters. The Kier molecular flexibility index (Phi) is 5.51. The molecular formula is C19H18ClN5O4. The molecule has 3 aromatic rings. The number of H-pyrrole nitrogens is 1. The van der Waals surface area contributed by atoms with Crippen LogP contribution in [0.25, 0.3) is 10.8 Å². The summed E-state index contributed by atoms with van der Waals surface area (Å²) < 4.78 is 1.20. The number of aryl methyl sites for hydroxylation is 1. The number of pyridine rings is 1. The topological polar surface area (TPSA) is 126 Å². The van der Waals surface area contributed by atoms with Crippen molar-refractivity contribution in [3.63, 3.8) is 0 Å². The van der Waals surface area contributed by atoms with Gasteiger partial charge in [0.05, 0.1) is 11.4 Å². The largest absolute Gasteiger partial charge is 0.363 e. The van der Waals surface area contributed by atoms with Crippen molar-refractivity contribution in [1.82, 2.24) is 25.6 Å². The van der Waals surface area contributed by atoms with E-state index in [0.717, 1.165) is 0 Å². The number of aromatic nitrogens is 3. The summed E-state index contributed by atoms with van der Waals surface area (Å²) >= 11 is 5.86. The second-order valence-electron chi connectivity index (χ2n) is 6.62. The number of nitrogens with zero attached hydrogens (tertiary/aromatic N) is 2. The molecule has 0 saturated heterocycles. The molecule has 3 N–H and O–H groups in total. The van der Waals surface area contributed by atoms with E-state index in [1.54, 1.807) is 45.0 Å². The molecule has 3 rings (SSSR count). The van der Waals surface area contributed by atoms with Crippen molar-refractivity contribution in [3.05, 3.63) is 73.0 Å². The molecule has 0 unspecified atom stereocenters. The average Bonchev–Trinajstić information content (AvgIpc) is 2.70. The summed E-state index contributed by atoms with van der Waals surface area (Å²) in [6, 6.07) is 6.27. The van der Waals surface area contributed by atoms with Gasteiger partial charge in [-0.05, 0) is 26.8 Å². The molecule has 2 aromatic heterocycles. The minimum Gasteiger partial charge on any atom is -0.363 e. The Morgan fingerprint density at radius 3 is 2.38 bits per heavy atom. The van der Waals surface area contributed by atoms with Crippen LogP contribution in [0.2, 0.25) is 5.02 Å². The van der Waals surface area contributed by atoms with Crippen molar-refractivity contribution in [2.75, 3.05) is 0 Å². The highest BCUT2D eigenvalue weighted by atomic mass is 35.5. The number of amides is 2. The molecule has 9 nitrogen and oxygen atoms in total. The van der Waals surface area contributed by atoms with Gasteiger partial charge in [-0.15, -0.1) is 0 Å². The summed E-state index contributed by atoms with van der Waals surface area (Å²) in [7, 11) is 0. The Labute approximate surface area is 169 Å². The van der Waals surface area contributed by atoms with E-state index in [-0.39, 0.29) is 27.9 Å². The normalized spacial score (nSPS) is 10.9. The SMILES string of the molecule is Cc1[nH]cc(C(=O)NNC(=O)c2nn(C(C)C)c(=O)c3ccccc23)c(=O)c1Cl. The molecule has 0 radical (unpaired) electrons. The lowest BCUT2D eigenvalue weighted by Gasteiger charge is -2.13. The molecule has 29 heavy (non-hydrogen) atoms. The highest BCUT2D eigenvalue weighted by Gasteiger charge is 2.20. The lowest BCUT2D eigenvalue weighted by Crippen LogP contribution is -2.44. The molecule has 0 spiro atoms. The maximum absolute atomic E-state index is 12.7. The number of rotatable bonds is 3. The minimum atomic E-state index is -0.844. The van der Waals surface area contributed by atoms with E-state index in [1.807, 2.05) is 0 Å². The van der Waals surface area contributed by atoms with Crippen molar-refractivity contribution >= 4 is 34.2 Å². The molecule has 2 amide bonds. The van der Waals surface area contributed by atoms with Crippen LogP contribution in [0.4, 0.5) is 0 Å². The van der Waals surface area contributed by atoms with Crippen LogP contribution in [0.5, 0.6) is 0 Å². The summed E-state index contributed by atoms with van der Waals surface area (Å²) in [5.41, 5.74) is 3.53. The molecule has 2 heterocycles. The highest BCUT2D eigenvalue weighted by Crippen LogP contribution is 2.14. The van der Waals surface area contributed by atoms with Gasteiger partial charge in [-0.1, -0.05) is 29.8 Å². The lowest BCUT2D eigenvalue weighted by molar-refractivity contribution is 0.0842. The number of benzene rings is 1. The van der Waals surface area contributed by atoms with Crippen LogP contribution in [-0.4, -0.2) is 26.6 Å². The average molecular weight is 416 g/mol. The van der Waals surface area contributed by atoms with Crippen molar-refractivity contribution in [2.45, 2.75) is 26.8 Å². The first-order valence-corrected chi connectivity index (χ1v) is 9.10. The van der Waals surface area contributed by atoms with Gasteiger partial charge in [0.2, 0.25) is 5.43 Å². The third kappa shape index (κ3) is 3.77. The third-order valence-electron chi connectivity index (χ3n) is 4.27. The van der Waals surface area contributed by atoms with Gasteiger partial charge in [0, 0.05) is 17.3 Å². The van der Waals surface area contributed by atoms with Gasteiger partial charge in [-0.2, -0.15) is 5.10 Å². The Balaban J connectivity index is 1.92. The van der Waals surface area contributed by atoms with Gasteiger partial charge in [0.15, 0.2) is 5.69 Å². The predicted molar refractivity (Wildman–Crippen MR) is 108 cm³/mol. The zero-order valence-corrected chi connectivity index (χ0v) is 16.6. The van der Waals surface area contributed by atoms with E-state index in [0.29, 0.717) is 16.5 Å². The van der Waals surface area contributed by atoms with Crippen LogP contribution < -0.4 is 21.8 Å². The van der Waals surface area contributed by atoms with Gasteiger partial charge in [-0.25, -0.2) is 4.68 Å². The smallest absolute Gasteiger partial charge is 0.290 e. The number of halogens is 1. The first-order chi connectivity index (χ1) is 13.7. The quantitative estimate of drug-likeness (QED) is 0.561. The van der Waals surface area contributed by atoms with E-state index < -0.39 is 17.2 Å².